The van der Waals surface area contributed by atoms with Crippen molar-refractivity contribution in [1.29, 1.82) is 0 Å². The first-order valence-corrected chi connectivity index (χ1v) is 17.5. The second kappa shape index (κ2) is 12.5. The van der Waals surface area contributed by atoms with Gasteiger partial charge < -0.3 is 21.7 Å². The zero-order valence-electron chi connectivity index (χ0n) is 26.3. The third-order valence-electron chi connectivity index (χ3n) is 8.06. The number of nitrogens with zero attached hydrogens (tertiary/aromatic N) is 4. The highest BCUT2D eigenvalue weighted by atomic mass is 32.2. The molecule has 50 heavy (non-hydrogen) atoms. The van der Waals surface area contributed by atoms with E-state index < -0.39 is 30.0 Å². The highest BCUT2D eigenvalue weighted by Crippen LogP contribution is 2.43. The van der Waals surface area contributed by atoms with Gasteiger partial charge in [0.15, 0.2) is 11.5 Å². The van der Waals surface area contributed by atoms with Gasteiger partial charge in [-0.1, -0.05) is 24.3 Å². The Kier molecular flexibility index (Phi) is 8.49. The zero-order valence-corrected chi connectivity index (χ0v) is 27.9. The maximum Gasteiger partial charge on any atom is 0.295 e. The summed E-state index contributed by atoms with van der Waals surface area (Å²) in [6.45, 7) is 3.68. The summed E-state index contributed by atoms with van der Waals surface area (Å²) in [4.78, 5) is -0.792. The summed E-state index contributed by atoms with van der Waals surface area (Å²) >= 11 is 0. The minimum Gasteiger partial charge on any atom is -0.505 e. The SMILES string of the molecule is Cc1cc(-c2ccc(/N=N/c3ccc4c(S(=O)(=O)O)ccc(N)c4c3O)c(C)c2)ccc1/N=N/c1ccc2c(S(=O)(=O)O)ccc(N)c2c1O. The average Bonchev–Trinajstić information content (AvgIpc) is 3.04. The Morgan fingerprint density at radius 2 is 0.840 bits per heavy atom. The molecule has 0 unspecified atom stereocenters. The molecule has 8 N–H and O–H groups in total. The minimum atomic E-state index is -4.56. The molecule has 0 bridgehead atoms. The van der Waals surface area contributed by atoms with Gasteiger partial charge in [0, 0.05) is 22.1 Å². The molecular weight excluding hydrogens is 685 g/mol. The van der Waals surface area contributed by atoms with Crippen LogP contribution in [0.5, 0.6) is 11.5 Å². The van der Waals surface area contributed by atoms with Gasteiger partial charge in [-0.15, -0.1) is 10.2 Å². The Labute approximate surface area is 285 Å². The van der Waals surface area contributed by atoms with Gasteiger partial charge in [0.2, 0.25) is 0 Å². The van der Waals surface area contributed by atoms with Crippen LogP contribution < -0.4 is 11.5 Å². The van der Waals surface area contributed by atoms with Gasteiger partial charge in [0.05, 0.1) is 22.1 Å². The average molecular weight is 713 g/mol. The Bertz CT molecular complexity index is 2490. The number of aromatic hydroxyl groups is 2. The van der Waals surface area contributed by atoms with Crippen LogP contribution in [-0.4, -0.2) is 36.2 Å². The predicted molar refractivity (Wildman–Crippen MR) is 189 cm³/mol. The standard InChI is InChI=1S/C34H28N6O8S2/c1-17-15-19(3-9-25(17)37-39-27-11-5-21-29(49(43,44)45)13-7-23(35)31(21)33(27)41)20-4-10-26(18(2)16-20)38-40-28-12-6-22-30(50(46,47)48)14-8-24(36)32(22)34(28)42/h3-16,41-42H,35-36H2,1-2H3,(H,43,44,45)(H,46,47,48)/b39-37+,40-38+. The molecule has 0 fully saturated rings. The lowest BCUT2D eigenvalue weighted by molar-refractivity contribution is 0.480. The van der Waals surface area contributed by atoms with E-state index >= 15 is 0 Å². The Balaban J connectivity index is 1.25. The summed E-state index contributed by atoms with van der Waals surface area (Å²) in [5.74, 6) is -0.773. The lowest BCUT2D eigenvalue weighted by atomic mass is 10.0. The molecule has 0 aromatic heterocycles. The second-order valence-corrected chi connectivity index (χ2v) is 14.2. The quantitative estimate of drug-likeness (QED) is 0.0526. The fourth-order valence-corrected chi connectivity index (χ4v) is 6.93. The summed E-state index contributed by atoms with van der Waals surface area (Å²) < 4.78 is 66.3. The number of anilines is 2. The topological polar surface area (TPSA) is 251 Å². The normalized spacial score (nSPS) is 12.5. The highest BCUT2D eigenvalue weighted by Gasteiger charge is 2.20. The molecule has 14 nitrogen and oxygen atoms in total. The van der Waals surface area contributed by atoms with Crippen molar-refractivity contribution in [2.75, 3.05) is 11.5 Å². The number of phenolic OH excluding ortho intramolecular Hbond substituents is 2. The minimum absolute atomic E-state index is 0.0232. The van der Waals surface area contributed by atoms with Crippen LogP contribution in [0, 0.1) is 13.8 Å². The molecular formula is C34H28N6O8S2. The van der Waals surface area contributed by atoms with E-state index in [2.05, 4.69) is 20.5 Å². The molecule has 0 aliphatic heterocycles. The maximum atomic E-state index is 11.8. The highest BCUT2D eigenvalue weighted by molar-refractivity contribution is 7.86. The number of fused-ring (bicyclic) bond motifs is 2. The number of nitrogens with two attached hydrogens (primary N) is 2. The third kappa shape index (κ3) is 6.30. The van der Waals surface area contributed by atoms with E-state index in [0.29, 0.717) is 11.4 Å². The predicted octanol–water partition coefficient (Wildman–Crippen LogP) is 8.18. The first-order chi connectivity index (χ1) is 23.5. The number of aryl methyl sites for hydroxylation is 2. The molecule has 0 amide bonds. The first kappa shape index (κ1) is 33.9. The molecule has 6 rings (SSSR count). The van der Waals surface area contributed by atoms with Gasteiger partial charge >= 0.3 is 0 Å². The van der Waals surface area contributed by atoms with Crippen molar-refractivity contribution in [1.82, 2.24) is 0 Å². The van der Waals surface area contributed by atoms with Gasteiger partial charge in [0.25, 0.3) is 20.2 Å². The Morgan fingerprint density at radius 1 is 0.500 bits per heavy atom. The molecule has 16 heteroatoms. The zero-order chi connectivity index (χ0) is 36.1. The largest absolute Gasteiger partial charge is 0.505 e. The van der Waals surface area contributed by atoms with Gasteiger partial charge in [0.1, 0.15) is 21.2 Å². The van der Waals surface area contributed by atoms with Gasteiger partial charge in [-0.2, -0.15) is 27.1 Å². The molecule has 0 saturated carbocycles. The van der Waals surface area contributed by atoms with Crippen LogP contribution in [0.15, 0.2) is 115 Å². The van der Waals surface area contributed by atoms with Crippen LogP contribution >= 0.6 is 0 Å². The molecule has 0 heterocycles. The van der Waals surface area contributed by atoms with E-state index in [-0.39, 0.29) is 55.8 Å². The fourth-order valence-electron chi connectivity index (χ4n) is 5.55. The van der Waals surface area contributed by atoms with Crippen molar-refractivity contribution in [3.05, 3.63) is 96.1 Å². The number of azo groups is 2. The van der Waals surface area contributed by atoms with Crippen LogP contribution in [-0.2, 0) is 20.2 Å². The summed E-state index contributed by atoms with van der Waals surface area (Å²) in [6.07, 6.45) is 0. The van der Waals surface area contributed by atoms with Crippen LogP contribution in [0.2, 0.25) is 0 Å². The van der Waals surface area contributed by atoms with Crippen molar-refractivity contribution in [2.24, 2.45) is 20.5 Å². The number of phenols is 2. The van der Waals surface area contributed by atoms with Crippen molar-refractivity contribution >= 4 is 75.9 Å². The monoisotopic (exact) mass is 712 g/mol. The number of hydrogen-bond donors (Lipinski definition) is 6. The van der Waals surface area contributed by atoms with Gasteiger partial charge in [-0.3, -0.25) is 9.11 Å². The van der Waals surface area contributed by atoms with Crippen molar-refractivity contribution in [3.63, 3.8) is 0 Å². The number of rotatable bonds is 7. The van der Waals surface area contributed by atoms with E-state index in [1.54, 1.807) is 12.1 Å². The van der Waals surface area contributed by atoms with E-state index in [4.69, 9.17) is 11.5 Å². The number of hydrogen-bond acceptors (Lipinski definition) is 12. The maximum absolute atomic E-state index is 11.8. The van der Waals surface area contributed by atoms with Crippen LogP contribution in [0.4, 0.5) is 34.1 Å². The van der Waals surface area contributed by atoms with E-state index in [1.165, 1.54) is 36.4 Å². The van der Waals surface area contributed by atoms with E-state index in [9.17, 15) is 36.2 Å². The summed E-state index contributed by atoms with van der Waals surface area (Å²) in [5, 5.41) is 38.7. The Hall–Kier alpha value is -5.94. The molecule has 6 aromatic carbocycles. The van der Waals surface area contributed by atoms with Crippen molar-refractivity contribution in [2.45, 2.75) is 23.6 Å². The molecule has 254 valence electrons. The van der Waals surface area contributed by atoms with Crippen molar-refractivity contribution in [3.8, 4) is 22.6 Å². The van der Waals surface area contributed by atoms with Crippen LogP contribution in [0.3, 0.4) is 0 Å². The molecule has 0 aliphatic rings. The molecule has 0 saturated heterocycles. The van der Waals surface area contributed by atoms with Gasteiger partial charge in [-0.25, -0.2) is 0 Å². The lowest BCUT2D eigenvalue weighted by Crippen LogP contribution is -2.00. The molecule has 6 aromatic rings. The fraction of sp³-hybridized carbons (Fsp3) is 0.0588. The molecule has 0 spiro atoms. The van der Waals surface area contributed by atoms with Gasteiger partial charge in [-0.05, 0) is 96.8 Å². The van der Waals surface area contributed by atoms with E-state index in [1.807, 2.05) is 38.1 Å². The summed E-state index contributed by atoms with van der Waals surface area (Å²) in [6, 6.07) is 21.3. The Morgan fingerprint density at radius 3 is 1.18 bits per heavy atom. The van der Waals surface area contributed by atoms with Crippen LogP contribution in [0.25, 0.3) is 32.7 Å². The third-order valence-corrected chi connectivity index (χ3v) is 9.89. The number of benzene rings is 6. The molecule has 0 atom stereocenters. The molecule has 0 radical (unpaired) electrons. The van der Waals surface area contributed by atoms with Crippen LogP contribution in [0.1, 0.15) is 11.1 Å². The van der Waals surface area contributed by atoms with Crippen molar-refractivity contribution < 1.29 is 36.2 Å². The molecule has 0 aliphatic carbocycles. The lowest BCUT2D eigenvalue weighted by Gasteiger charge is -2.10. The smallest absolute Gasteiger partial charge is 0.295 e. The summed E-state index contributed by atoms with van der Waals surface area (Å²) in [7, 11) is -9.13. The first-order valence-electron chi connectivity index (χ1n) is 14.6. The van der Waals surface area contributed by atoms with E-state index in [0.717, 1.165) is 34.4 Å². The number of nitrogen functional groups attached to an aromatic ring is 2. The summed E-state index contributed by atoms with van der Waals surface area (Å²) in [5.41, 5.74) is 16.6. The second-order valence-electron chi connectivity index (χ2n) is 11.4.